The molecule has 0 aliphatic heterocycles. The van der Waals surface area contributed by atoms with Crippen molar-refractivity contribution in [3.05, 3.63) is 24.3 Å². The number of hydrogen-bond donors (Lipinski definition) is 1. The second-order valence-electron chi connectivity index (χ2n) is 2.35. The molecule has 0 heterocycles. The van der Waals surface area contributed by atoms with Crippen LogP contribution >= 0.6 is 12.6 Å². The van der Waals surface area contributed by atoms with Crippen LogP contribution in [0.15, 0.2) is 24.3 Å². The molecule has 0 fully saturated rings. The lowest BCUT2D eigenvalue weighted by Gasteiger charge is -2.18. The molecule has 44 valence electrons. The van der Waals surface area contributed by atoms with Gasteiger partial charge in [0.25, 0.3) is 0 Å². The molecule has 0 bridgehead atoms. The van der Waals surface area contributed by atoms with Gasteiger partial charge in [-0.25, -0.2) is 0 Å². The first-order valence-corrected chi connectivity index (χ1v) is 3.22. The average Bonchev–Trinajstić information content (AvgIpc) is 1.65. The maximum Gasteiger partial charge on any atom is 0.0318 e. The van der Waals surface area contributed by atoms with Gasteiger partial charge < -0.3 is 0 Å². The summed E-state index contributed by atoms with van der Waals surface area (Å²) in [7, 11) is 0. The summed E-state index contributed by atoms with van der Waals surface area (Å²) < 4.78 is 0.106. The molecule has 0 aromatic rings. The fraction of sp³-hybridized carbons (Fsp3) is 0.429. The largest absolute Gasteiger partial charge is 0.168 e. The van der Waals surface area contributed by atoms with Gasteiger partial charge in [-0.1, -0.05) is 24.3 Å². The summed E-state index contributed by atoms with van der Waals surface area (Å²) in [5.41, 5.74) is 0. The third-order valence-electron chi connectivity index (χ3n) is 1.23. The maximum atomic E-state index is 4.38. The zero-order valence-corrected chi connectivity index (χ0v) is 5.86. The Kier molecular flexibility index (Phi) is 1.47. The van der Waals surface area contributed by atoms with E-state index < -0.39 is 0 Å². The molecular weight excluding hydrogens is 116 g/mol. The van der Waals surface area contributed by atoms with Gasteiger partial charge in [-0.3, -0.25) is 0 Å². The highest BCUT2D eigenvalue weighted by Gasteiger charge is 2.13. The van der Waals surface area contributed by atoms with Gasteiger partial charge in [0.2, 0.25) is 0 Å². The second-order valence-corrected chi connectivity index (χ2v) is 3.37. The quantitative estimate of drug-likeness (QED) is 0.473. The molecular formula is C7H10S. The van der Waals surface area contributed by atoms with E-state index in [1.807, 2.05) is 6.08 Å². The van der Waals surface area contributed by atoms with E-state index in [-0.39, 0.29) is 4.75 Å². The van der Waals surface area contributed by atoms with E-state index >= 15 is 0 Å². The Morgan fingerprint density at radius 2 is 2.25 bits per heavy atom. The van der Waals surface area contributed by atoms with Crippen LogP contribution in [0.25, 0.3) is 0 Å². The molecule has 0 radical (unpaired) electrons. The summed E-state index contributed by atoms with van der Waals surface area (Å²) in [5, 5.41) is 0. The van der Waals surface area contributed by atoms with E-state index in [2.05, 4.69) is 37.8 Å². The topological polar surface area (TPSA) is 0 Å². The molecule has 8 heavy (non-hydrogen) atoms. The summed E-state index contributed by atoms with van der Waals surface area (Å²) >= 11 is 4.38. The molecule has 0 aromatic carbocycles. The van der Waals surface area contributed by atoms with Gasteiger partial charge in [0.15, 0.2) is 0 Å². The number of rotatable bonds is 0. The number of hydrogen-bond acceptors (Lipinski definition) is 1. The monoisotopic (exact) mass is 126 g/mol. The van der Waals surface area contributed by atoms with E-state index in [0.29, 0.717) is 0 Å². The SMILES string of the molecule is CC1(S)C=CC=CC1. The Balaban J connectivity index is 2.65. The van der Waals surface area contributed by atoms with E-state index in [1.54, 1.807) is 0 Å². The minimum Gasteiger partial charge on any atom is -0.168 e. The molecule has 0 aromatic heterocycles. The first-order valence-electron chi connectivity index (χ1n) is 2.77. The van der Waals surface area contributed by atoms with Crippen LogP contribution in [0.4, 0.5) is 0 Å². The first kappa shape index (κ1) is 5.96. The second kappa shape index (κ2) is 1.98. The third-order valence-corrected chi connectivity index (χ3v) is 1.57. The predicted octanol–water partition coefficient (Wildman–Crippen LogP) is 2.19. The Bertz CT molecular complexity index is 131. The summed E-state index contributed by atoms with van der Waals surface area (Å²) in [4.78, 5) is 0. The van der Waals surface area contributed by atoms with E-state index in [4.69, 9.17) is 0 Å². The molecule has 0 N–H and O–H groups in total. The van der Waals surface area contributed by atoms with Crippen molar-refractivity contribution in [1.82, 2.24) is 0 Å². The van der Waals surface area contributed by atoms with E-state index in [0.717, 1.165) is 6.42 Å². The fourth-order valence-electron chi connectivity index (χ4n) is 0.716. The van der Waals surface area contributed by atoms with Crippen molar-refractivity contribution >= 4 is 12.6 Å². The molecule has 1 rings (SSSR count). The van der Waals surface area contributed by atoms with Crippen LogP contribution < -0.4 is 0 Å². The molecule has 1 atom stereocenters. The molecule has 0 spiro atoms. The Hall–Kier alpha value is -0.170. The zero-order valence-electron chi connectivity index (χ0n) is 4.96. The van der Waals surface area contributed by atoms with Crippen LogP contribution in [0.5, 0.6) is 0 Å². The Morgan fingerprint density at radius 1 is 1.50 bits per heavy atom. The molecule has 0 saturated heterocycles. The molecule has 1 unspecified atom stereocenters. The van der Waals surface area contributed by atoms with Crippen LogP contribution in [0, 0.1) is 0 Å². The summed E-state index contributed by atoms with van der Waals surface area (Å²) in [6.45, 7) is 2.11. The number of allylic oxidation sites excluding steroid dienone is 3. The minimum atomic E-state index is 0.106. The molecule has 0 nitrogen and oxygen atoms in total. The highest BCUT2D eigenvalue weighted by Crippen LogP contribution is 2.23. The summed E-state index contributed by atoms with van der Waals surface area (Å²) in [5.74, 6) is 0. The van der Waals surface area contributed by atoms with Crippen molar-refractivity contribution in [2.24, 2.45) is 0 Å². The van der Waals surface area contributed by atoms with Crippen molar-refractivity contribution in [2.45, 2.75) is 18.1 Å². The van der Waals surface area contributed by atoms with E-state index in [1.165, 1.54) is 0 Å². The van der Waals surface area contributed by atoms with Gasteiger partial charge >= 0.3 is 0 Å². The highest BCUT2D eigenvalue weighted by atomic mass is 32.1. The van der Waals surface area contributed by atoms with Gasteiger partial charge in [-0.2, -0.15) is 12.6 Å². The van der Waals surface area contributed by atoms with Crippen molar-refractivity contribution in [2.75, 3.05) is 0 Å². The van der Waals surface area contributed by atoms with Crippen molar-refractivity contribution in [3.8, 4) is 0 Å². The first-order chi connectivity index (χ1) is 3.71. The fourth-order valence-corrected chi connectivity index (χ4v) is 0.908. The van der Waals surface area contributed by atoms with Gasteiger partial charge in [-0.05, 0) is 13.3 Å². The summed E-state index contributed by atoms with van der Waals surface area (Å²) in [6.07, 6.45) is 9.38. The Morgan fingerprint density at radius 3 is 2.50 bits per heavy atom. The lowest BCUT2D eigenvalue weighted by atomic mass is 10.0. The maximum absolute atomic E-state index is 4.38. The minimum absolute atomic E-state index is 0.106. The van der Waals surface area contributed by atoms with Crippen molar-refractivity contribution < 1.29 is 0 Å². The molecule has 0 amide bonds. The average molecular weight is 126 g/mol. The highest BCUT2D eigenvalue weighted by molar-refractivity contribution is 7.82. The van der Waals surface area contributed by atoms with Gasteiger partial charge in [0, 0.05) is 4.75 Å². The molecule has 0 saturated carbocycles. The van der Waals surface area contributed by atoms with Gasteiger partial charge in [0.05, 0.1) is 0 Å². The van der Waals surface area contributed by atoms with Crippen LogP contribution in [-0.2, 0) is 0 Å². The zero-order chi connectivity index (χ0) is 6.04. The van der Waals surface area contributed by atoms with E-state index in [9.17, 15) is 0 Å². The molecule has 1 aliphatic carbocycles. The lowest BCUT2D eigenvalue weighted by Crippen LogP contribution is -2.11. The smallest absolute Gasteiger partial charge is 0.0318 e. The normalized spacial score (nSPS) is 35.8. The number of thiol groups is 1. The summed E-state index contributed by atoms with van der Waals surface area (Å²) in [6, 6.07) is 0. The van der Waals surface area contributed by atoms with Crippen molar-refractivity contribution in [1.29, 1.82) is 0 Å². The van der Waals surface area contributed by atoms with Gasteiger partial charge in [0.1, 0.15) is 0 Å². The van der Waals surface area contributed by atoms with Crippen LogP contribution in [-0.4, -0.2) is 4.75 Å². The molecule has 1 aliphatic rings. The molecule has 1 heteroatoms. The van der Waals surface area contributed by atoms with Crippen LogP contribution in [0.2, 0.25) is 0 Å². The van der Waals surface area contributed by atoms with Crippen LogP contribution in [0.1, 0.15) is 13.3 Å². The van der Waals surface area contributed by atoms with Crippen molar-refractivity contribution in [3.63, 3.8) is 0 Å². The third kappa shape index (κ3) is 1.41. The van der Waals surface area contributed by atoms with Gasteiger partial charge in [-0.15, -0.1) is 0 Å². The lowest BCUT2D eigenvalue weighted by molar-refractivity contribution is 0.805. The Labute approximate surface area is 55.7 Å². The predicted molar refractivity (Wildman–Crippen MR) is 40.3 cm³/mol. The standard InChI is InChI=1S/C7H10S/c1-7(8)5-3-2-4-6-7/h2-5,8H,6H2,1H3. The van der Waals surface area contributed by atoms with Crippen LogP contribution in [0.3, 0.4) is 0 Å².